The van der Waals surface area contributed by atoms with E-state index in [1.165, 1.54) is 0 Å². The van der Waals surface area contributed by atoms with Crippen molar-refractivity contribution in [3.8, 4) is 10.6 Å². The van der Waals surface area contributed by atoms with Crippen molar-refractivity contribution in [1.29, 1.82) is 0 Å². The molecule has 0 radical (unpaired) electrons. The second-order valence-corrected chi connectivity index (χ2v) is 5.76. The van der Waals surface area contributed by atoms with Crippen molar-refractivity contribution in [2.75, 3.05) is 5.32 Å². The van der Waals surface area contributed by atoms with Gasteiger partial charge in [-0.1, -0.05) is 6.07 Å². The number of nitrogens with one attached hydrogen (secondary N) is 2. The van der Waals surface area contributed by atoms with Crippen LogP contribution in [0.5, 0.6) is 0 Å². The molecule has 0 aliphatic heterocycles. The Morgan fingerprint density at radius 2 is 2.18 bits per heavy atom. The molecule has 0 bridgehead atoms. The van der Waals surface area contributed by atoms with E-state index in [9.17, 15) is 0 Å². The predicted octanol–water partition coefficient (Wildman–Crippen LogP) is 3.69. The number of anilines is 1. The van der Waals surface area contributed by atoms with E-state index in [0.717, 1.165) is 33.1 Å². The number of pyridine rings is 1. The van der Waals surface area contributed by atoms with Gasteiger partial charge >= 0.3 is 0 Å². The normalized spacial score (nSPS) is 10.9. The molecule has 0 atom stereocenters. The summed E-state index contributed by atoms with van der Waals surface area (Å²) in [6, 6.07) is 10.1. The molecule has 3 aromatic heterocycles. The Labute approximate surface area is 131 Å². The second-order valence-electron chi connectivity index (χ2n) is 4.87. The number of aromatic nitrogens is 4. The van der Waals surface area contributed by atoms with Crippen molar-refractivity contribution < 1.29 is 0 Å². The molecule has 0 spiro atoms. The van der Waals surface area contributed by atoms with Gasteiger partial charge in [-0.25, -0.2) is 9.97 Å². The molecule has 6 heteroatoms. The highest BCUT2D eigenvalue weighted by Crippen LogP contribution is 2.25. The smallest absolute Gasteiger partial charge is 0.201 e. The van der Waals surface area contributed by atoms with E-state index in [-0.39, 0.29) is 0 Å². The van der Waals surface area contributed by atoms with Gasteiger partial charge in [-0.05, 0) is 29.8 Å². The molecule has 0 unspecified atom stereocenters. The van der Waals surface area contributed by atoms with Gasteiger partial charge in [-0.15, -0.1) is 11.3 Å². The second kappa shape index (κ2) is 5.57. The van der Waals surface area contributed by atoms with E-state index in [1.807, 2.05) is 42.0 Å². The maximum atomic E-state index is 4.55. The topological polar surface area (TPSA) is 66.5 Å². The molecule has 4 aromatic rings. The van der Waals surface area contributed by atoms with Crippen molar-refractivity contribution in [1.82, 2.24) is 19.9 Å². The summed E-state index contributed by atoms with van der Waals surface area (Å²) < 4.78 is 0. The number of hydrogen-bond acceptors (Lipinski definition) is 5. The Balaban J connectivity index is 1.58. The van der Waals surface area contributed by atoms with Gasteiger partial charge in [0.15, 0.2) is 0 Å². The van der Waals surface area contributed by atoms with Crippen LogP contribution >= 0.6 is 11.3 Å². The fraction of sp³-hybridized carbons (Fsp3) is 0.0625. The third-order valence-corrected chi connectivity index (χ3v) is 4.17. The quantitative estimate of drug-likeness (QED) is 0.603. The zero-order valence-electron chi connectivity index (χ0n) is 11.7. The van der Waals surface area contributed by atoms with Gasteiger partial charge in [0.2, 0.25) is 5.95 Å². The molecule has 0 aliphatic rings. The molecule has 0 aliphatic carbocycles. The van der Waals surface area contributed by atoms with Crippen molar-refractivity contribution in [3.05, 3.63) is 59.9 Å². The van der Waals surface area contributed by atoms with E-state index < -0.39 is 0 Å². The number of thiazole rings is 1. The van der Waals surface area contributed by atoms with Crippen LogP contribution in [0.2, 0.25) is 0 Å². The van der Waals surface area contributed by atoms with Crippen molar-refractivity contribution in [3.63, 3.8) is 0 Å². The zero-order valence-corrected chi connectivity index (χ0v) is 12.5. The van der Waals surface area contributed by atoms with Crippen LogP contribution < -0.4 is 5.32 Å². The summed E-state index contributed by atoms with van der Waals surface area (Å²) in [4.78, 5) is 16.3. The summed E-state index contributed by atoms with van der Waals surface area (Å²) >= 11 is 1.63. The lowest BCUT2D eigenvalue weighted by Gasteiger charge is -2.01. The van der Waals surface area contributed by atoms with Crippen LogP contribution in [0.15, 0.2) is 54.3 Å². The molecule has 0 amide bonds. The third-order valence-electron chi connectivity index (χ3n) is 3.34. The molecular formula is C16H13N5S. The van der Waals surface area contributed by atoms with Crippen LogP contribution in [0, 0.1) is 0 Å². The van der Waals surface area contributed by atoms with Crippen LogP contribution in [0.25, 0.3) is 21.6 Å². The van der Waals surface area contributed by atoms with E-state index in [1.54, 1.807) is 17.5 Å². The van der Waals surface area contributed by atoms with Gasteiger partial charge < -0.3 is 10.3 Å². The summed E-state index contributed by atoms with van der Waals surface area (Å²) in [7, 11) is 0. The monoisotopic (exact) mass is 307 g/mol. The van der Waals surface area contributed by atoms with Gasteiger partial charge in [-0.3, -0.25) is 4.98 Å². The van der Waals surface area contributed by atoms with Crippen LogP contribution in [0.4, 0.5) is 5.95 Å². The predicted molar refractivity (Wildman–Crippen MR) is 88.8 cm³/mol. The highest BCUT2D eigenvalue weighted by molar-refractivity contribution is 7.13. The van der Waals surface area contributed by atoms with E-state index >= 15 is 0 Å². The fourth-order valence-corrected chi connectivity index (χ4v) is 2.92. The Morgan fingerprint density at radius 3 is 3.00 bits per heavy atom. The molecule has 3 heterocycles. The first-order valence-corrected chi connectivity index (χ1v) is 7.79. The number of imidazole rings is 1. The van der Waals surface area contributed by atoms with Crippen molar-refractivity contribution in [2.24, 2.45) is 0 Å². The van der Waals surface area contributed by atoms with Crippen molar-refractivity contribution in [2.45, 2.75) is 6.54 Å². The highest BCUT2D eigenvalue weighted by Gasteiger charge is 2.06. The summed E-state index contributed by atoms with van der Waals surface area (Å²) in [5, 5.41) is 6.28. The number of nitrogens with zero attached hydrogens (tertiary/aromatic N) is 3. The lowest BCUT2D eigenvalue weighted by molar-refractivity contribution is 1.08. The molecule has 22 heavy (non-hydrogen) atoms. The number of rotatable bonds is 4. The van der Waals surface area contributed by atoms with E-state index in [2.05, 4.69) is 31.3 Å². The first kappa shape index (κ1) is 13.0. The fourth-order valence-electron chi connectivity index (χ4n) is 2.28. The summed E-state index contributed by atoms with van der Waals surface area (Å²) in [6.07, 6.45) is 5.43. The molecule has 108 valence electrons. The average Bonchev–Trinajstić information content (AvgIpc) is 3.22. The molecule has 2 N–H and O–H groups in total. The average molecular weight is 307 g/mol. The maximum absolute atomic E-state index is 4.55. The largest absolute Gasteiger partial charge is 0.352 e. The molecule has 0 saturated carbocycles. The number of H-pyrrole nitrogens is 1. The first-order chi connectivity index (χ1) is 10.9. The first-order valence-electron chi connectivity index (χ1n) is 6.91. The summed E-state index contributed by atoms with van der Waals surface area (Å²) in [5.41, 5.74) is 4.16. The number of hydrogen-bond donors (Lipinski definition) is 2. The van der Waals surface area contributed by atoms with Crippen molar-refractivity contribution >= 4 is 28.3 Å². The lowest BCUT2D eigenvalue weighted by atomic mass is 10.2. The molecule has 0 saturated heterocycles. The van der Waals surface area contributed by atoms with Gasteiger partial charge in [0.25, 0.3) is 0 Å². The molecule has 1 aromatic carbocycles. The van der Waals surface area contributed by atoms with Gasteiger partial charge in [-0.2, -0.15) is 0 Å². The standard InChI is InChI=1S/C16H13N5S/c1-2-11(9-17-5-1)10-19-16-20-13-4-3-12(8-14(13)21-16)15-18-6-7-22-15/h1-9H,10H2,(H2,19,20,21). The van der Waals surface area contributed by atoms with Crippen LogP contribution in [0.3, 0.4) is 0 Å². The minimum absolute atomic E-state index is 0.687. The Hall–Kier alpha value is -2.73. The minimum Gasteiger partial charge on any atom is -0.352 e. The van der Waals surface area contributed by atoms with Crippen LogP contribution in [0.1, 0.15) is 5.56 Å². The highest BCUT2D eigenvalue weighted by atomic mass is 32.1. The van der Waals surface area contributed by atoms with Gasteiger partial charge in [0, 0.05) is 36.1 Å². The summed E-state index contributed by atoms with van der Waals surface area (Å²) in [5.74, 6) is 0.759. The van der Waals surface area contributed by atoms with Gasteiger partial charge in [0.1, 0.15) is 5.01 Å². The molecule has 5 nitrogen and oxygen atoms in total. The maximum Gasteiger partial charge on any atom is 0.201 e. The SMILES string of the molecule is c1cncc(CNc2nc3ccc(-c4nccs4)cc3[nH]2)c1. The third kappa shape index (κ3) is 2.56. The number of benzene rings is 1. The zero-order chi connectivity index (χ0) is 14.8. The molecule has 4 rings (SSSR count). The lowest BCUT2D eigenvalue weighted by Crippen LogP contribution is -2.00. The minimum atomic E-state index is 0.687. The van der Waals surface area contributed by atoms with Crippen LogP contribution in [-0.4, -0.2) is 19.9 Å². The molecular weight excluding hydrogens is 294 g/mol. The van der Waals surface area contributed by atoms with E-state index in [0.29, 0.717) is 6.54 Å². The Bertz CT molecular complexity index is 883. The van der Waals surface area contributed by atoms with Gasteiger partial charge in [0.05, 0.1) is 11.0 Å². The Morgan fingerprint density at radius 1 is 1.18 bits per heavy atom. The Kier molecular flexibility index (Phi) is 3.29. The van der Waals surface area contributed by atoms with E-state index in [4.69, 9.17) is 0 Å². The molecule has 0 fully saturated rings. The summed E-state index contributed by atoms with van der Waals surface area (Å²) in [6.45, 7) is 0.687. The number of fused-ring (bicyclic) bond motifs is 1. The van der Waals surface area contributed by atoms with Crippen LogP contribution in [-0.2, 0) is 6.54 Å². The number of aromatic amines is 1.